The predicted octanol–water partition coefficient (Wildman–Crippen LogP) is 2.96. The zero-order chi connectivity index (χ0) is 27.8. The Balaban J connectivity index is 1.65. The molecule has 0 atom stereocenters. The first-order valence-electron chi connectivity index (χ1n) is 12.1. The minimum atomic E-state index is -3.83. The number of Topliss-reactive ketones (excluding diaryl/α,β-unsaturated/α-hetero) is 1. The van der Waals surface area contributed by atoms with E-state index in [2.05, 4.69) is 0 Å². The topological polar surface area (TPSA) is 106 Å². The third kappa shape index (κ3) is 5.42. The molecule has 2 aromatic carbocycles. The first-order chi connectivity index (χ1) is 17.9. The summed E-state index contributed by atoms with van der Waals surface area (Å²) in [6.07, 6.45) is 4.41. The van der Waals surface area contributed by atoms with Crippen LogP contribution < -0.4 is 4.74 Å². The largest absolute Gasteiger partial charge is 0.496 e. The van der Waals surface area contributed by atoms with Crippen molar-refractivity contribution in [3.05, 3.63) is 65.1 Å². The van der Waals surface area contributed by atoms with E-state index in [-0.39, 0.29) is 39.5 Å². The van der Waals surface area contributed by atoms with Gasteiger partial charge in [-0.15, -0.1) is 0 Å². The molecule has 0 unspecified atom stereocenters. The Labute approximate surface area is 220 Å². The minimum absolute atomic E-state index is 0.112. The normalized spacial score (nSPS) is 14.5. The lowest BCUT2D eigenvalue weighted by Gasteiger charge is -2.32. The van der Waals surface area contributed by atoms with E-state index in [0.29, 0.717) is 19.0 Å². The van der Waals surface area contributed by atoms with Gasteiger partial charge < -0.3 is 14.5 Å². The van der Waals surface area contributed by atoms with Crippen molar-refractivity contribution in [1.82, 2.24) is 13.8 Å². The van der Waals surface area contributed by atoms with Crippen molar-refractivity contribution < 1.29 is 31.9 Å². The maximum Gasteiger partial charge on any atom is 0.294 e. The van der Waals surface area contributed by atoms with Gasteiger partial charge in [-0.2, -0.15) is 0 Å². The molecule has 11 heteroatoms. The van der Waals surface area contributed by atoms with E-state index < -0.39 is 21.7 Å². The van der Waals surface area contributed by atoms with Crippen LogP contribution in [-0.4, -0.2) is 80.3 Å². The van der Waals surface area contributed by atoms with Crippen molar-refractivity contribution in [3.8, 4) is 5.75 Å². The van der Waals surface area contributed by atoms with E-state index in [1.807, 2.05) is 0 Å². The van der Waals surface area contributed by atoms with Gasteiger partial charge in [-0.25, -0.2) is 16.8 Å². The summed E-state index contributed by atoms with van der Waals surface area (Å²) in [4.78, 5) is 41.7. The minimum Gasteiger partial charge on any atom is -0.496 e. The van der Waals surface area contributed by atoms with Gasteiger partial charge in [0.1, 0.15) is 11.6 Å². The van der Waals surface area contributed by atoms with Gasteiger partial charge >= 0.3 is 0 Å². The number of ether oxygens (including phenoxy) is 1. The number of methoxy groups -OCH3 is 1. The Morgan fingerprint density at radius 3 is 2.24 bits per heavy atom. The number of hydrogen-bond donors (Lipinski definition) is 0. The van der Waals surface area contributed by atoms with Gasteiger partial charge in [-0.1, -0.05) is 12.1 Å². The number of benzene rings is 2. The zero-order valence-corrected chi connectivity index (χ0v) is 22.5. The Morgan fingerprint density at radius 1 is 1.05 bits per heavy atom. The van der Waals surface area contributed by atoms with E-state index in [9.17, 15) is 27.2 Å². The number of likely N-dealkylation sites (tertiary alicyclic amines) is 1. The van der Waals surface area contributed by atoms with Crippen LogP contribution in [0.3, 0.4) is 0 Å². The molecule has 202 valence electrons. The number of hydrogen-bond acceptors (Lipinski definition) is 6. The average Bonchev–Trinajstić information content (AvgIpc) is 3.27. The fourth-order valence-electron chi connectivity index (χ4n) is 4.80. The SMILES string of the molecule is COc1cc2c(cc1C(=O)N1CCC(Cc3ccc(F)cc3)CC1)c(C(=O)C(=O)N(C)C)cn2S(C)(=O)=O. The van der Waals surface area contributed by atoms with Gasteiger partial charge in [-0.3, -0.25) is 14.4 Å². The molecule has 1 aliphatic heterocycles. The number of ketones is 1. The van der Waals surface area contributed by atoms with Gasteiger partial charge in [0.25, 0.3) is 17.6 Å². The number of nitrogens with zero attached hydrogens (tertiary/aromatic N) is 3. The third-order valence-electron chi connectivity index (χ3n) is 6.86. The molecule has 3 aromatic rings. The number of piperidine rings is 1. The van der Waals surface area contributed by atoms with Crippen LogP contribution in [0.25, 0.3) is 10.9 Å². The second-order valence-corrected chi connectivity index (χ2v) is 11.6. The van der Waals surface area contributed by atoms with Gasteiger partial charge in [0, 0.05) is 44.8 Å². The van der Waals surface area contributed by atoms with E-state index in [1.165, 1.54) is 45.5 Å². The van der Waals surface area contributed by atoms with Crippen molar-refractivity contribution in [2.75, 3.05) is 40.6 Å². The summed E-state index contributed by atoms with van der Waals surface area (Å²) in [6, 6.07) is 9.27. The molecule has 0 spiro atoms. The number of likely N-dealkylation sites (N-methyl/N-ethyl adjacent to an activating group) is 1. The van der Waals surface area contributed by atoms with Gasteiger partial charge in [0.2, 0.25) is 10.0 Å². The highest BCUT2D eigenvalue weighted by atomic mass is 32.2. The van der Waals surface area contributed by atoms with Crippen molar-refractivity contribution in [1.29, 1.82) is 0 Å². The number of aromatic nitrogens is 1. The lowest BCUT2D eigenvalue weighted by atomic mass is 9.90. The van der Waals surface area contributed by atoms with E-state index in [1.54, 1.807) is 17.0 Å². The number of fused-ring (bicyclic) bond motifs is 1. The van der Waals surface area contributed by atoms with Crippen molar-refractivity contribution in [2.45, 2.75) is 19.3 Å². The van der Waals surface area contributed by atoms with Crippen LogP contribution in [0.15, 0.2) is 42.6 Å². The predicted molar refractivity (Wildman–Crippen MR) is 140 cm³/mol. The van der Waals surface area contributed by atoms with Gasteiger partial charge in [-0.05, 0) is 48.9 Å². The second-order valence-electron chi connectivity index (χ2n) is 9.77. The third-order valence-corrected chi connectivity index (χ3v) is 7.88. The Kier molecular flexibility index (Phi) is 7.59. The highest BCUT2D eigenvalue weighted by Gasteiger charge is 2.30. The molecule has 38 heavy (non-hydrogen) atoms. The lowest BCUT2D eigenvalue weighted by Crippen LogP contribution is -2.39. The van der Waals surface area contributed by atoms with Crippen molar-refractivity contribution in [3.63, 3.8) is 0 Å². The van der Waals surface area contributed by atoms with Crippen LogP contribution in [-0.2, 0) is 21.2 Å². The molecule has 1 aliphatic rings. The summed E-state index contributed by atoms with van der Waals surface area (Å²) in [7, 11) is 0.393. The summed E-state index contributed by atoms with van der Waals surface area (Å²) in [5.41, 5.74) is 1.24. The van der Waals surface area contributed by atoms with Crippen LogP contribution >= 0.6 is 0 Å². The molecule has 9 nitrogen and oxygen atoms in total. The molecule has 0 bridgehead atoms. The molecule has 1 fully saturated rings. The first-order valence-corrected chi connectivity index (χ1v) is 14.0. The lowest BCUT2D eigenvalue weighted by molar-refractivity contribution is -0.124. The van der Waals surface area contributed by atoms with Gasteiger partial charge in [0.15, 0.2) is 0 Å². The molecular weight excluding hydrogens is 513 g/mol. The molecule has 1 aromatic heterocycles. The van der Waals surface area contributed by atoms with Crippen molar-refractivity contribution in [2.24, 2.45) is 5.92 Å². The smallest absolute Gasteiger partial charge is 0.294 e. The summed E-state index contributed by atoms with van der Waals surface area (Å²) < 4.78 is 44.5. The summed E-state index contributed by atoms with van der Waals surface area (Å²) >= 11 is 0. The molecule has 0 radical (unpaired) electrons. The van der Waals surface area contributed by atoms with E-state index in [4.69, 9.17) is 4.74 Å². The number of carbonyl (C=O) groups excluding carboxylic acids is 3. The summed E-state index contributed by atoms with van der Waals surface area (Å²) in [5.74, 6) is -1.77. The molecule has 0 N–H and O–H groups in total. The van der Waals surface area contributed by atoms with Crippen LogP contribution in [0.5, 0.6) is 5.75 Å². The number of rotatable bonds is 7. The summed E-state index contributed by atoms with van der Waals surface area (Å²) in [5, 5.41) is 0.172. The maximum atomic E-state index is 13.6. The molecule has 2 heterocycles. The molecule has 4 rings (SSSR count). The molecular formula is C27H30FN3O6S. The number of carbonyl (C=O) groups is 3. The molecule has 0 aliphatic carbocycles. The Morgan fingerprint density at radius 2 is 1.68 bits per heavy atom. The first kappa shape index (κ1) is 27.3. The summed E-state index contributed by atoms with van der Waals surface area (Å²) in [6.45, 7) is 1.00. The number of halogens is 1. The number of amides is 2. The Hall–Kier alpha value is -3.73. The highest BCUT2D eigenvalue weighted by molar-refractivity contribution is 7.89. The Bertz CT molecular complexity index is 1500. The van der Waals surface area contributed by atoms with Crippen LogP contribution in [0.2, 0.25) is 0 Å². The van der Waals surface area contributed by atoms with E-state index >= 15 is 0 Å². The molecule has 1 saturated heterocycles. The standard InChI is InChI=1S/C27H30FN3O6S/c1-29(2)27(34)25(32)22-16-31(38(4,35)36)23-15-24(37-3)21(14-20(22)23)26(33)30-11-9-18(10-12-30)13-17-5-7-19(28)8-6-17/h5-8,14-16,18H,9-13H2,1-4H3. The van der Waals surface area contributed by atoms with Gasteiger partial charge in [0.05, 0.1) is 30.0 Å². The molecule has 2 amide bonds. The van der Waals surface area contributed by atoms with Crippen molar-refractivity contribution >= 4 is 38.5 Å². The molecule has 0 saturated carbocycles. The zero-order valence-electron chi connectivity index (χ0n) is 21.7. The fourth-order valence-corrected chi connectivity index (χ4v) is 5.60. The van der Waals surface area contributed by atoms with Crippen LogP contribution in [0.4, 0.5) is 4.39 Å². The maximum absolute atomic E-state index is 13.6. The monoisotopic (exact) mass is 543 g/mol. The second kappa shape index (κ2) is 10.6. The van der Waals surface area contributed by atoms with Crippen LogP contribution in [0.1, 0.15) is 39.1 Å². The average molecular weight is 544 g/mol. The quantitative estimate of drug-likeness (QED) is 0.335. The highest BCUT2D eigenvalue weighted by Crippen LogP contribution is 2.33. The van der Waals surface area contributed by atoms with E-state index in [0.717, 1.165) is 46.2 Å². The van der Waals surface area contributed by atoms with Crippen LogP contribution in [0, 0.1) is 11.7 Å². The fraction of sp³-hybridized carbons (Fsp3) is 0.370.